The van der Waals surface area contributed by atoms with E-state index in [0.717, 1.165) is 24.8 Å². The van der Waals surface area contributed by atoms with E-state index in [4.69, 9.17) is 4.74 Å². The highest BCUT2D eigenvalue weighted by atomic mass is 16.5. The van der Waals surface area contributed by atoms with Gasteiger partial charge in [0.15, 0.2) is 5.75 Å². The summed E-state index contributed by atoms with van der Waals surface area (Å²) in [6, 6.07) is 0. The zero-order chi connectivity index (χ0) is 10.5. The van der Waals surface area contributed by atoms with Gasteiger partial charge in [-0.05, 0) is 25.3 Å². The number of rotatable bonds is 4. The maximum Gasteiger partial charge on any atom is 0.156 e. The van der Waals surface area contributed by atoms with Crippen molar-refractivity contribution in [3.63, 3.8) is 0 Å². The van der Waals surface area contributed by atoms with E-state index in [1.807, 2.05) is 0 Å². The fourth-order valence-electron chi connectivity index (χ4n) is 2.10. The smallest absolute Gasteiger partial charge is 0.156 e. The molecule has 1 aliphatic heterocycles. The fraction of sp³-hybridized carbons (Fsp3) is 0.727. The van der Waals surface area contributed by atoms with Crippen molar-refractivity contribution in [1.29, 1.82) is 0 Å². The Labute approximate surface area is 90.6 Å². The minimum Gasteiger partial charge on any atom is -0.489 e. The third kappa shape index (κ3) is 3.23. The predicted molar refractivity (Wildman–Crippen MR) is 58.9 cm³/mol. The predicted octanol–water partition coefficient (Wildman–Crippen LogP) is 1.52. The number of H-pyrrole nitrogens is 1. The second-order valence-electron chi connectivity index (χ2n) is 4.33. The van der Waals surface area contributed by atoms with Crippen molar-refractivity contribution in [3.8, 4) is 5.75 Å². The number of hydrogen-bond donors (Lipinski definition) is 1. The van der Waals surface area contributed by atoms with Crippen LogP contribution in [0.5, 0.6) is 5.75 Å². The Morgan fingerprint density at radius 1 is 1.67 bits per heavy atom. The maximum absolute atomic E-state index is 5.55. The van der Waals surface area contributed by atoms with E-state index in [0.29, 0.717) is 0 Å². The Balaban J connectivity index is 1.65. The molecule has 1 saturated heterocycles. The monoisotopic (exact) mass is 209 g/mol. The van der Waals surface area contributed by atoms with Gasteiger partial charge in [-0.3, -0.25) is 10.00 Å². The Morgan fingerprint density at radius 3 is 3.33 bits per heavy atom. The van der Waals surface area contributed by atoms with E-state index < -0.39 is 0 Å². The van der Waals surface area contributed by atoms with Gasteiger partial charge in [0.25, 0.3) is 0 Å². The van der Waals surface area contributed by atoms with Crippen LogP contribution >= 0.6 is 0 Å². The molecule has 1 atom stereocenters. The Morgan fingerprint density at radius 2 is 2.60 bits per heavy atom. The molecule has 1 fully saturated rings. The first-order valence-corrected chi connectivity index (χ1v) is 5.68. The molecule has 4 nitrogen and oxygen atoms in total. The maximum atomic E-state index is 5.55. The second-order valence-corrected chi connectivity index (χ2v) is 4.33. The minimum atomic E-state index is 0.756. The van der Waals surface area contributed by atoms with Crippen LogP contribution in [0.25, 0.3) is 0 Å². The van der Waals surface area contributed by atoms with Crippen LogP contribution in [0.2, 0.25) is 0 Å². The van der Waals surface area contributed by atoms with Crippen molar-refractivity contribution in [2.75, 3.05) is 26.2 Å². The number of hydrogen-bond acceptors (Lipinski definition) is 3. The zero-order valence-electron chi connectivity index (χ0n) is 9.28. The zero-order valence-corrected chi connectivity index (χ0v) is 9.28. The molecule has 1 N–H and O–H groups in total. The van der Waals surface area contributed by atoms with E-state index in [1.54, 1.807) is 12.4 Å². The molecule has 1 aromatic heterocycles. The molecule has 2 heterocycles. The lowest BCUT2D eigenvalue weighted by Crippen LogP contribution is -2.37. The Bertz CT molecular complexity index is 273. The van der Waals surface area contributed by atoms with E-state index in [1.165, 1.54) is 25.9 Å². The van der Waals surface area contributed by atoms with Gasteiger partial charge < -0.3 is 4.74 Å². The summed E-state index contributed by atoms with van der Waals surface area (Å²) in [5.41, 5.74) is 0. The van der Waals surface area contributed by atoms with Crippen LogP contribution in [0, 0.1) is 5.92 Å². The third-order valence-corrected chi connectivity index (χ3v) is 2.89. The lowest BCUT2D eigenvalue weighted by atomic mass is 10.0. The van der Waals surface area contributed by atoms with Crippen molar-refractivity contribution < 1.29 is 4.74 Å². The van der Waals surface area contributed by atoms with Gasteiger partial charge in [-0.15, -0.1) is 0 Å². The molecule has 15 heavy (non-hydrogen) atoms. The van der Waals surface area contributed by atoms with Gasteiger partial charge in [-0.25, -0.2) is 0 Å². The molecular formula is C11H19N3O. The van der Waals surface area contributed by atoms with Crippen LogP contribution in [0.15, 0.2) is 12.4 Å². The summed E-state index contributed by atoms with van der Waals surface area (Å²) in [5, 5.41) is 6.57. The Kier molecular flexibility index (Phi) is 3.61. The van der Waals surface area contributed by atoms with Crippen molar-refractivity contribution >= 4 is 0 Å². The molecule has 0 aromatic carbocycles. The summed E-state index contributed by atoms with van der Waals surface area (Å²) in [6.07, 6.45) is 6.18. The molecule has 1 aliphatic rings. The third-order valence-electron chi connectivity index (χ3n) is 2.89. The van der Waals surface area contributed by atoms with Crippen molar-refractivity contribution in [2.45, 2.75) is 19.8 Å². The van der Waals surface area contributed by atoms with Crippen LogP contribution in [-0.4, -0.2) is 41.3 Å². The van der Waals surface area contributed by atoms with Crippen molar-refractivity contribution in [1.82, 2.24) is 15.1 Å². The van der Waals surface area contributed by atoms with Crippen LogP contribution in [0.1, 0.15) is 19.8 Å². The number of nitrogens with one attached hydrogen (secondary N) is 1. The molecule has 4 heteroatoms. The highest BCUT2D eigenvalue weighted by Gasteiger charge is 2.15. The summed E-state index contributed by atoms with van der Waals surface area (Å²) < 4.78 is 5.55. The summed E-state index contributed by atoms with van der Waals surface area (Å²) in [6.45, 7) is 6.54. The number of piperidine rings is 1. The summed E-state index contributed by atoms with van der Waals surface area (Å²) in [5.74, 6) is 1.67. The number of aromatic nitrogens is 2. The number of aromatic amines is 1. The molecular weight excluding hydrogens is 190 g/mol. The van der Waals surface area contributed by atoms with Crippen LogP contribution in [0.3, 0.4) is 0 Å². The normalized spacial score (nSPS) is 22.9. The molecule has 0 spiro atoms. The van der Waals surface area contributed by atoms with Crippen molar-refractivity contribution in [3.05, 3.63) is 12.4 Å². The van der Waals surface area contributed by atoms with Crippen LogP contribution in [-0.2, 0) is 0 Å². The molecule has 0 amide bonds. The van der Waals surface area contributed by atoms with Gasteiger partial charge in [-0.1, -0.05) is 6.92 Å². The molecule has 0 aliphatic carbocycles. The molecule has 1 unspecified atom stereocenters. The molecule has 1 aromatic rings. The summed E-state index contributed by atoms with van der Waals surface area (Å²) in [4.78, 5) is 2.48. The van der Waals surface area contributed by atoms with Crippen molar-refractivity contribution in [2.24, 2.45) is 5.92 Å². The average Bonchev–Trinajstić information content (AvgIpc) is 2.71. The lowest BCUT2D eigenvalue weighted by Gasteiger charge is -2.30. The molecule has 84 valence electrons. The van der Waals surface area contributed by atoms with Crippen LogP contribution in [0.4, 0.5) is 0 Å². The first kappa shape index (κ1) is 10.5. The summed E-state index contributed by atoms with van der Waals surface area (Å²) in [7, 11) is 0. The van der Waals surface area contributed by atoms with Gasteiger partial charge in [0.1, 0.15) is 6.61 Å². The number of likely N-dealkylation sites (tertiary alicyclic amines) is 1. The molecule has 2 rings (SSSR count). The molecule has 0 bridgehead atoms. The summed E-state index contributed by atoms with van der Waals surface area (Å²) >= 11 is 0. The van der Waals surface area contributed by atoms with Gasteiger partial charge >= 0.3 is 0 Å². The average molecular weight is 209 g/mol. The second kappa shape index (κ2) is 5.16. The lowest BCUT2D eigenvalue weighted by molar-refractivity contribution is 0.153. The number of ether oxygens (including phenoxy) is 1. The number of nitrogens with zero attached hydrogens (tertiary/aromatic N) is 2. The van der Waals surface area contributed by atoms with E-state index in [2.05, 4.69) is 22.0 Å². The quantitative estimate of drug-likeness (QED) is 0.817. The SMILES string of the molecule is CC1CCCN(CCOc2cn[nH]c2)C1. The first-order valence-electron chi connectivity index (χ1n) is 5.68. The van der Waals surface area contributed by atoms with E-state index >= 15 is 0 Å². The van der Waals surface area contributed by atoms with Gasteiger partial charge in [0.2, 0.25) is 0 Å². The highest BCUT2D eigenvalue weighted by Crippen LogP contribution is 2.15. The Hall–Kier alpha value is -1.03. The standard InChI is InChI=1S/C11H19N3O/c1-10-3-2-4-14(9-10)5-6-15-11-7-12-13-8-11/h7-8,10H,2-6,9H2,1H3,(H,12,13). The molecule has 0 radical (unpaired) electrons. The van der Waals surface area contributed by atoms with E-state index in [9.17, 15) is 0 Å². The topological polar surface area (TPSA) is 41.1 Å². The van der Waals surface area contributed by atoms with Gasteiger partial charge in [0, 0.05) is 13.1 Å². The van der Waals surface area contributed by atoms with Gasteiger partial charge in [0.05, 0.1) is 12.4 Å². The van der Waals surface area contributed by atoms with Gasteiger partial charge in [-0.2, -0.15) is 5.10 Å². The van der Waals surface area contributed by atoms with E-state index in [-0.39, 0.29) is 0 Å². The first-order chi connectivity index (χ1) is 7.34. The van der Waals surface area contributed by atoms with Crippen LogP contribution < -0.4 is 4.74 Å². The highest BCUT2D eigenvalue weighted by molar-refractivity contribution is 5.09. The minimum absolute atomic E-state index is 0.756. The largest absolute Gasteiger partial charge is 0.489 e. The fourth-order valence-corrected chi connectivity index (χ4v) is 2.10. The molecule has 0 saturated carbocycles.